The first-order valence-corrected chi connectivity index (χ1v) is 7.50. The van der Waals surface area contributed by atoms with Crippen molar-refractivity contribution >= 4 is 5.91 Å². The average molecular weight is 275 g/mol. The van der Waals surface area contributed by atoms with E-state index < -0.39 is 0 Å². The molecule has 110 valence electrons. The Morgan fingerprint density at radius 3 is 2.65 bits per heavy atom. The molecule has 1 saturated carbocycles. The summed E-state index contributed by atoms with van der Waals surface area (Å²) in [5.74, 6) is 1.10. The number of aryl methyl sites for hydroxylation is 2. The number of nitrogens with zero attached hydrogens (tertiary/aromatic N) is 1. The highest BCUT2D eigenvalue weighted by Gasteiger charge is 2.33. The minimum Gasteiger partial charge on any atom is -0.493 e. The van der Waals surface area contributed by atoms with Crippen LogP contribution in [0.5, 0.6) is 5.75 Å². The quantitative estimate of drug-likeness (QED) is 0.795. The van der Waals surface area contributed by atoms with Gasteiger partial charge in [-0.25, -0.2) is 0 Å². The van der Waals surface area contributed by atoms with Crippen molar-refractivity contribution in [3.05, 3.63) is 29.3 Å². The number of ether oxygens (including phenoxy) is 1. The van der Waals surface area contributed by atoms with Crippen LogP contribution in [0.4, 0.5) is 0 Å². The van der Waals surface area contributed by atoms with Crippen molar-refractivity contribution in [2.24, 2.45) is 0 Å². The van der Waals surface area contributed by atoms with Gasteiger partial charge in [-0.1, -0.05) is 12.1 Å². The first-order chi connectivity index (χ1) is 9.49. The molecule has 0 N–H and O–H groups in total. The van der Waals surface area contributed by atoms with Crippen molar-refractivity contribution in [3.63, 3.8) is 0 Å². The maximum atomic E-state index is 12.3. The summed E-state index contributed by atoms with van der Waals surface area (Å²) in [7, 11) is 0. The second-order valence-corrected chi connectivity index (χ2v) is 5.99. The zero-order chi connectivity index (χ0) is 14.7. The first kappa shape index (κ1) is 14.9. The van der Waals surface area contributed by atoms with Crippen LogP contribution >= 0.6 is 0 Å². The topological polar surface area (TPSA) is 29.5 Å². The SMILES string of the molecule is Cc1ccc(C)c(OCCC(=O)N(C(C)C)C2CC2)c1. The largest absolute Gasteiger partial charge is 0.493 e. The second kappa shape index (κ2) is 6.29. The molecule has 0 spiro atoms. The molecule has 0 atom stereocenters. The highest BCUT2D eigenvalue weighted by molar-refractivity contribution is 5.77. The third kappa shape index (κ3) is 3.75. The summed E-state index contributed by atoms with van der Waals surface area (Å²) >= 11 is 0. The predicted octanol–water partition coefficient (Wildman–Crippen LogP) is 3.47. The monoisotopic (exact) mass is 275 g/mol. The van der Waals surface area contributed by atoms with Gasteiger partial charge in [0.25, 0.3) is 0 Å². The standard InChI is InChI=1S/C17H25NO2/c1-12(2)18(15-7-8-15)17(19)9-10-20-16-11-13(3)5-6-14(16)4/h5-6,11-12,15H,7-10H2,1-4H3. The van der Waals surface area contributed by atoms with Gasteiger partial charge in [-0.2, -0.15) is 0 Å². The highest BCUT2D eigenvalue weighted by atomic mass is 16.5. The van der Waals surface area contributed by atoms with Crippen molar-refractivity contribution in [2.45, 2.75) is 59.0 Å². The van der Waals surface area contributed by atoms with E-state index in [0.717, 1.165) is 24.2 Å². The van der Waals surface area contributed by atoms with Crippen molar-refractivity contribution in [2.75, 3.05) is 6.61 Å². The van der Waals surface area contributed by atoms with E-state index in [-0.39, 0.29) is 11.9 Å². The number of hydrogen-bond donors (Lipinski definition) is 0. The molecule has 3 nitrogen and oxygen atoms in total. The van der Waals surface area contributed by atoms with E-state index in [1.165, 1.54) is 5.56 Å². The molecule has 1 aliphatic rings. The van der Waals surface area contributed by atoms with Crippen LogP contribution in [0.25, 0.3) is 0 Å². The smallest absolute Gasteiger partial charge is 0.226 e. The summed E-state index contributed by atoms with van der Waals surface area (Å²) < 4.78 is 5.77. The highest BCUT2D eigenvalue weighted by Crippen LogP contribution is 2.29. The predicted molar refractivity (Wildman–Crippen MR) is 81.0 cm³/mol. The van der Waals surface area contributed by atoms with Crippen LogP contribution in [0.3, 0.4) is 0 Å². The fraction of sp³-hybridized carbons (Fsp3) is 0.588. The van der Waals surface area contributed by atoms with Gasteiger partial charge in [0.05, 0.1) is 13.0 Å². The van der Waals surface area contributed by atoms with Crippen molar-refractivity contribution in [1.29, 1.82) is 0 Å². The Labute approximate surface area is 121 Å². The van der Waals surface area contributed by atoms with Gasteiger partial charge >= 0.3 is 0 Å². The molecule has 1 aliphatic carbocycles. The Hall–Kier alpha value is -1.51. The molecule has 0 unspecified atom stereocenters. The number of benzene rings is 1. The lowest BCUT2D eigenvalue weighted by atomic mass is 10.1. The van der Waals surface area contributed by atoms with Gasteiger partial charge in [0.1, 0.15) is 5.75 Å². The summed E-state index contributed by atoms with van der Waals surface area (Å²) in [5, 5.41) is 0. The van der Waals surface area contributed by atoms with E-state index >= 15 is 0 Å². The molecule has 1 aromatic carbocycles. The molecule has 1 fully saturated rings. The van der Waals surface area contributed by atoms with Crippen LogP contribution in [0.2, 0.25) is 0 Å². The van der Waals surface area contributed by atoms with Crippen LogP contribution in [0.1, 0.15) is 44.2 Å². The van der Waals surface area contributed by atoms with E-state index in [0.29, 0.717) is 19.1 Å². The molecule has 0 radical (unpaired) electrons. The Morgan fingerprint density at radius 1 is 1.35 bits per heavy atom. The molecule has 0 heterocycles. The van der Waals surface area contributed by atoms with E-state index in [2.05, 4.69) is 26.0 Å². The number of rotatable bonds is 6. The summed E-state index contributed by atoms with van der Waals surface area (Å²) in [6.07, 6.45) is 2.77. The number of hydrogen-bond acceptors (Lipinski definition) is 2. The third-order valence-corrected chi connectivity index (χ3v) is 3.70. The molecule has 20 heavy (non-hydrogen) atoms. The fourth-order valence-corrected chi connectivity index (χ4v) is 2.51. The molecule has 1 amide bonds. The van der Waals surface area contributed by atoms with Gasteiger partial charge < -0.3 is 9.64 Å². The van der Waals surface area contributed by atoms with Crippen molar-refractivity contribution in [3.8, 4) is 5.75 Å². The molecular formula is C17H25NO2. The molecule has 2 rings (SSSR count). The van der Waals surface area contributed by atoms with E-state index in [9.17, 15) is 4.79 Å². The molecule has 0 aromatic heterocycles. The normalized spacial score (nSPS) is 14.4. The van der Waals surface area contributed by atoms with Gasteiger partial charge in [-0.3, -0.25) is 4.79 Å². The number of carbonyl (C=O) groups is 1. The lowest BCUT2D eigenvalue weighted by Crippen LogP contribution is -2.39. The lowest BCUT2D eigenvalue weighted by Gasteiger charge is -2.26. The summed E-state index contributed by atoms with van der Waals surface area (Å²) in [6, 6.07) is 6.91. The molecule has 0 aliphatic heterocycles. The molecule has 0 saturated heterocycles. The molecule has 0 bridgehead atoms. The van der Waals surface area contributed by atoms with Crippen LogP contribution in [-0.4, -0.2) is 29.5 Å². The zero-order valence-electron chi connectivity index (χ0n) is 13.0. The van der Waals surface area contributed by atoms with Gasteiger partial charge in [-0.15, -0.1) is 0 Å². The van der Waals surface area contributed by atoms with E-state index in [4.69, 9.17) is 4.74 Å². The zero-order valence-corrected chi connectivity index (χ0v) is 13.0. The summed E-state index contributed by atoms with van der Waals surface area (Å²) in [5.41, 5.74) is 2.30. The van der Waals surface area contributed by atoms with Crippen molar-refractivity contribution < 1.29 is 9.53 Å². The first-order valence-electron chi connectivity index (χ1n) is 7.50. The van der Waals surface area contributed by atoms with Crippen molar-refractivity contribution in [1.82, 2.24) is 4.90 Å². The molecule has 3 heteroatoms. The summed E-state index contributed by atoms with van der Waals surface area (Å²) in [6.45, 7) is 8.70. The van der Waals surface area contributed by atoms with Gasteiger partial charge in [0.15, 0.2) is 0 Å². The minimum atomic E-state index is 0.216. The van der Waals surface area contributed by atoms with Crippen LogP contribution in [-0.2, 0) is 4.79 Å². The average Bonchev–Trinajstić information content (AvgIpc) is 3.18. The minimum absolute atomic E-state index is 0.216. The Morgan fingerprint density at radius 2 is 2.05 bits per heavy atom. The second-order valence-electron chi connectivity index (χ2n) is 5.99. The van der Waals surface area contributed by atoms with Crippen LogP contribution < -0.4 is 4.74 Å². The van der Waals surface area contributed by atoms with Gasteiger partial charge in [-0.05, 0) is 57.7 Å². The summed E-state index contributed by atoms with van der Waals surface area (Å²) in [4.78, 5) is 14.3. The number of carbonyl (C=O) groups excluding carboxylic acids is 1. The third-order valence-electron chi connectivity index (χ3n) is 3.70. The Kier molecular flexibility index (Phi) is 4.69. The van der Waals surface area contributed by atoms with Gasteiger partial charge in [0, 0.05) is 12.1 Å². The molecule has 1 aromatic rings. The van der Waals surface area contributed by atoms with Crippen LogP contribution in [0.15, 0.2) is 18.2 Å². The van der Waals surface area contributed by atoms with E-state index in [1.807, 2.05) is 24.8 Å². The maximum absolute atomic E-state index is 12.3. The Bertz CT molecular complexity index is 476. The fourth-order valence-electron chi connectivity index (χ4n) is 2.51. The lowest BCUT2D eigenvalue weighted by molar-refractivity contribution is -0.134. The molecular weight excluding hydrogens is 250 g/mol. The Balaban J connectivity index is 1.85. The van der Waals surface area contributed by atoms with E-state index in [1.54, 1.807) is 0 Å². The van der Waals surface area contributed by atoms with Crippen LogP contribution in [0, 0.1) is 13.8 Å². The van der Waals surface area contributed by atoms with Gasteiger partial charge in [0.2, 0.25) is 5.91 Å². The maximum Gasteiger partial charge on any atom is 0.226 e. The number of amides is 1.